The Labute approximate surface area is 92.5 Å². The molecule has 1 atom stereocenters. The lowest BCUT2D eigenvalue weighted by Crippen LogP contribution is -2.06. The lowest BCUT2D eigenvalue weighted by atomic mass is 9.89. The molecule has 0 N–H and O–H groups in total. The van der Waals surface area contributed by atoms with Crippen LogP contribution in [0.5, 0.6) is 0 Å². The number of hydrogen-bond acceptors (Lipinski definition) is 0. The molecule has 0 saturated carbocycles. The zero-order valence-electron chi connectivity index (χ0n) is 11.4. The molecule has 1 unspecified atom stereocenters. The lowest BCUT2D eigenvalue weighted by Gasteiger charge is -2.17. The van der Waals surface area contributed by atoms with E-state index in [-0.39, 0.29) is 0 Å². The van der Waals surface area contributed by atoms with Crippen LogP contribution in [0.4, 0.5) is 0 Å². The maximum Gasteiger partial charge on any atom is -0.0394 e. The van der Waals surface area contributed by atoms with Crippen molar-refractivity contribution in [2.45, 2.75) is 80.1 Å². The van der Waals surface area contributed by atoms with Crippen molar-refractivity contribution in [1.29, 1.82) is 0 Å². The van der Waals surface area contributed by atoms with Crippen molar-refractivity contribution < 1.29 is 0 Å². The third kappa shape index (κ3) is 12.0. The van der Waals surface area contributed by atoms with E-state index in [1.165, 1.54) is 38.5 Å². The van der Waals surface area contributed by atoms with E-state index in [9.17, 15) is 0 Å². The fourth-order valence-corrected chi connectivity index (χ4v) is 1.73. The average Bonchev–Trinajstić information content (AvgIpc) is 2.16. The Bertz CT molecular complexity index is 82.0. The molecule has 0 amide bonds. The van der Waals surface area contributed by atoms with E-state index in [0.29, 0.717) is 0 Å². The van der Waals surface area contributed by atoms with Gasteiger partial charge in [0.05, 0.1) is 0 Å². The SMILES string of the molecule is CCCC(CC)C(C)C.CCCCC. The van der Waals surface area contributed by atoms with Crippen molar-refractivity contribution in [3.05, 3.63) is 0 Å². The molecule has 0 aromatic heterocycles. The summed E-state index contributed by atoms with van der Waals surface area (Å²) < 4.78 is 0. The number of unbranched alkanes of at least 4 members (excludes halogenated alkanes) is 2. The summed E-state index contributed by atoms with van der Waals surface area (Å²) in [6, 6.07) is 0. The van der Waals surface area contributed by atoms with E-state index in [4.69, 9.17) is 0 Å². The van der Waals surface area contributed by atoms with Gasteiger partial charge in [0.25, 0.3) is 0 Å². The van der Waals surface area contributed by atoms with Crippen molar-refractivity contribution in [3.63, 3.8) is 0 Å². The molecular weight excluding hydrogens is 168 g/mol. The first kappa shape index (κ1) is 16.4. The molecule has 0 spiro atoms. The fourth-order valence-electron chi connectivity index (χ4n) is 1.73. The van der Waals surface area contributed by atoms with Gasteiger partial charge in [0.2, 0.25) is 0 Å². The number of rotatable bonds is 6. The van der Waals surface area contributed by atoms with E-state index in [1.54, 1.807) is 0 Å². The third-order valence-corrected chi connectivity index (χ3v) is 2.83. The van der Waals surface area contributed by atoms with Crippen molar-refractivity contribution >= 4 is 0 Å². The van der Waals surface area contributed by atoms with Gasteiger partial charge in [0.15, 0.2) is 0 Å². The largest absolute Gasteiger partial charge is 0.0654 e. The summed E-state index contributed by atoms with van der Waals surface area (Å²) in [6.07, 6.45) is 8.18. The second kappa shape index (κ2) is 13.0. The van der Waals surface area contributed by atoms with Crippen LogP contribution >= 0.6 is 0 Å². The predicted octanol–water partition coefficient (Wildman–Crippen LogP) is 5.67. The van der Waals surface area contributed by atoms with Gasteiger partial charge in [-0.05, 0) is 11.8 Å². The Morgan fingerprint density at radius 3 is 1.36 bits per heavy atom. The molecular formula is C14H32. The molecule has 0 aliphatic heterocycles. The third-order valence-electron chi connectivity index (χ3n) is 2.83. The van der Waals surface area contributed by atoms with E-state index >= 15 is 0 Å². The van der Waals surface area contributed by atoms with Crippen LogP contribution in [-0.2, 0) is 0 Å². The molecule has 0 aliphatic rings. The molecule has 0 fully saturated rings. The maximum atomic E-state index is 2.32. The first-order chi connectivity index (χ1) is 6.63. The van der Waals surface area contributed by atoms with E-state index < -0.39 is 0 Å². The molecule has 0 rings (SSSR count). The Kier molecular flexibility index (Phi) is 15.3. The zero-order valence-corrected chi connectivity index (χ0v) is 11.4. The van der Waals surface area contributed by atoms with Crippen LogP contribution in [0.1, 0.15) is 80.1 Å². The van der Waals surface area contributed by atoms with Crippen LogP contribution in [0, 0.1) is 11.8 Å². The highest BCUT2D eigenvalue weighted by Crippen LogP contribution is 2.19. The van der Waals surface area contributed by atoms with Gasteiger partial charge >= 0.3 is 0 Å². The van der Waals surface area contributed by atoms with Crippen molar-refractivity contribution in [2.24, 2.45) is 11.8 Å². The summed E-state index contributed by atoms with van der Waals surface area (Å²) in [5.74, 6) is 1.85. The summed E-state index contributed by atoms with van der Waals surface area (Å²) in [4.78, 5) is 0. The van der Waals surface area contributed by atoms with Gasteiger partial charge in [0, 0.05) is 0 Å². The average molecular weight is 200 g/mol. The van der Waals surface area contributed by atoms with Crippen LogP contribution in [0.25, 0.3) is 0 Å². The minimum atomic E-state index is 0.884. The van der Waals surface area contributed by atoms with E-state index in [2.05, 4.69) is 41.5 Å². The summed E-state index contributed by atoms with van der Waals surface area (Å²) in [6.45, 7) is 13.6. The van der Waals surface area contributed by atoms with Gasteiger partial charge in [-0.25, -0.2) is 0 Å². The van der Waals surface area contributed by atoms with Gasteiger partial charge in [-0.3, -0.25) is 0 Å². The molecule has 0 nitrogen and oxygen atoms in total. The Morgan fingerprint density at radius 1 is 0.786 bits per heavy atom. The summed E-state index contributed by atoms with van der Waals surface area (Å²) >= 11 is 0. The summed E-state index contributed by atoms with van der Waals surface area (Å²) in [5.41, 5.74) is 0. The van der Waals surface area contributed by atoms with Crippen molar-refractivity contribution in [1.82, 2.24) is 0 Å². The standard InChI is InChI=1S/C9H20.C5H12/c1-5-7-9(6-2)8(3)4;1-3-5-4-2/h8-9H,5-7H2,1-4H3;3-5H2,1-2H3. The zero-order chi connectivity index (χ0) is 11.4. The quantitative estimate of drug-likeness (QED) is 0.518. The Hall–Kier alpha value is 0. The highest BCUT2D eigenvalue weighted by atomic mass is 14.1. The van der Waals surface area contributed by atoms with Crippen LogP contribution in [-0.4, -0.2) is 0 Å². The van der Waals surface area contributed by atoms with Gasteiger partial charge in [-0.15, -0.1) is 0 Å². The van der Waals surface area contributed by atoms with Gasteiger partial charge in [0.1, 0.15) is 0 Å². The van der Waals surface area contributed by atoms with Crippen molar-refractivity contribution in [3.8, 4) is 0 Å². The molecule has 0 radical (unpaired) electrons. The smallest absolute Gasteiger partial charge is 0.0394 e. The van der Waals surface area contributed by atoms with Gasteiger partial charge in [-0.1, -0.05) is 80.1 Å². The molecule has 88 valence electrons. The molecule has 0 aromatic carbocycles. The van der Waals surface area contributed by atoms with Crippen molar-refractivity contribution in [2.75, 3.05) is 0 Å². The first-order valence-electron chi connectivity index (χ1n) is 6.63. The maximum absolute atomic E-state index is 2.32. The predicted molar refractivity (Wildman–Crippen MR) is 68.7 cm³/mol. The summed E-state index contributed by atoms with van der Waals surface area (Å²) in [5, 5.41) is 0. The molecule has 0 heteroatoms. The first-order valence-corrected chi connectivity index (χ1v) is 6.63. The van der Waals surface area contributed by atoms with E-state index in [0.717, 1.165) is 11.8 Å². The summed E-state index contributed by atoms with van der Waals surface area (Å²) in [7, 11) is 0. The van der Waals surface area contributed by atoms with Gasteiger partial charge < -0.3 is 0 Å². The van der Waals surface area contributed by atoms with Crippen LogP contribution in [0.15, 0.2) is 0 Å². The topological polar surface area (TPSA) is 0 Å². The van der Waals surface area contributed by atoms with Crippen LogP contribution in [0.2, 0.25) is 0 Å². The number of hydrogen-bond donors (Lipinski definition) is 0. The minimum Gasteiger partial charge on any atom is -0.0654 e. The monoisotopic (exact) mass is 200 g/mol. The molecule has 0 heterocycles. The molecule has 14 heavy (non-hydrogen) atoms. The highest BCUT2D eigenvalue weighted by Gasteiger charge is 2.08. The van der Waals surface area contributed by atoms with E-state index in [1.807, 2.05) is 0 Å². The highest BCUT2D eigenvalue weighted by molar-refractivity contribution is 4.59. The van der Waals surface area contributed by atoms with Crippen LogP contribution < -0.4 is 0 Å². The normalized spacial score (nSPS) is 12.2. The molecule has 0 aromatic rings. The Morgan fingerprint density at radius 2 is 1.29 bits per heavy atom. The van der Waals surface area contributed by atoms with Crippen LogP contribution in [0.3, 0.4) is 0 Å². The lowest BCUT2D eigenvalue weighted by molar-refractivity contribution is 0.346. The van der Waals surface area contributed by atoms with Gasteiger partial charge in [-0.2, -0.15) is 0 Å². The second-order valence-electron chi connectivity index (χ2n) is 4.55. The second-order valence-corrected chi connectivity index (χ2v) is 4.55. The molecule has 0 saturated heterocycles. The molecule has 0 aliphatic carbocycles. The Balaban J connectivity index is 0. The minimum absolute atomic E-state index is 0.884. The fraction of sp³-hybridized carbons (Fsp3) is 1.00. The molecule has 0 bridgehead atoms.